The van der Waals surface area contributed by atoms with Gasteiger partial charge in [0.15, 0.2) is 0 Å². The molecule has 0 radical (unpaired) electrons. The van der Waals surface area contributed by atoms with Gasteiger partial charge in [-0.1, -0.05) is 47.1 Å². The van der Waals surface area contributed by atoms with E-state index in [1.54, 1.807) is 29.2 Å². The van der Waals surface area contributed by atoms with Crippen molar-refractivity contribution < 1.29 is 4.79 Å². The van der Waals surface area contributed by atoms with Gasteiger partial charge < -0.3 is 10.6 Å². The summed E-state index contributed by atoms with van der Waals surface area (Å²) < 4.78 is 0. The van der Waals surface area contributed by atoms with E-state index < -0.39 is 0 Å². The molecule has 5 rings (SSSR count). The molecule has 0 aliphatic carbocycles. The van der Waals surface area contributed by atoms with E-state index in [2.05, 4.69) is 33.8 Å². The van der Waals surface area contributed by atoms with E-state index >= 15 is 0 Å². The molecule has 2 aliphatic heterocycles. The van der Waals surface area contributed by atoms with E-state index in [0.29, 0.717) is 38.0 Å². The maximum Gasteiger partial charge on any atom is 0.261 e. The first-order chi connectivity index (χ1) is 14.6. The molecule has 2 aromatic carbocycles. The number of amides is 1. The Morgan fingerprint density at radius 1 is 1.07 bits per heavy atom. The van der Waals surface area contributed by atoms with Crippen molar-refractivity contribution in [2.45, 2.75) is 18.0 Å². The number of pyridine rings is 1. The molecule has 0 unspecified atom stereocenters. The van der Waals surface area contributed by atoms with Gasteiger partial charge in [0.05, 0.1) is 27.2 Å². The second-order valence-corrected chi connectivity index (χ2v) is 8.91. The summed E-state index contributed by atoms with van der Waals surface area (Å²) in [4.78, 5) is 19.3. The first-order valence-electron chi connectivity index (χ1n) is 9.59. The van der Waals surface area contributed by atoms with E-state index in [0.717, 1.165) is 25.2 Å². The largest absolute Gasteiger partial charge is 0.340 e. The van der Waals surface area contributed by atoms with E-state index in [4.69, 9.17) is 23.2 Å². The van der Waals surface area contributed by atoms with E-state index in [-0.39, 0.29) is 5.91 Å². The summed E-state index contributed by atoms with van der Waals surface area (Å²) >= 11 is 14.1. The molecule has 1 amide bonds. The minimum Gasteiger partial charge on any atom is -0.340 e. The summed E-state index contributed by atoms with van der Waals surface area (Å²) in [5.74, 6) is 0.954. The van der Waals surface area contributed by atoms with Crippen molar-refractivity contribution in [3.63, 3.8) is 0 Å². The van der Waals surface area contributed by atoms with Crippen LogP contribution in [0.3, 0.4) is 0 Å². The Kier molecular flexibility index (Phi) is 5.33. The Balaban J connectivity index is 1.40. The summed E-state index contributed by atoms with van der Waals surface area (Å²) in [6.45, 7) is 1.90. The van der Waals surface area contributed by atoms with Crippen LogP contribution >= 0.6 is 35.0 Å². The lowest BCUT2D eigenvalue weighted by Gasteiger charge is -2.29. The highest BCUT2D eigenvalue weighted by Crippen LogP contribution is 2.39. The molecule has 0 saturated heterocycles. The van der Waals surface area contributed by atoms with Gasteiger partial charge in [0, 0.05) is 12.2 Å². The van der Waals surface area contributed by atoms with Crippen LogP contribution in [0.4, 0.5) is 17.2 Å². The van der Waals surface area contributed by atoms with Crippen molar-refractivity contribution in [1.29, 1.82) is 0 Å². The number of para-hydroxylation sites is 1. The molecule has 1 aromatic heterocycles. The van der Waals surface area contributed by atoms with Gasteiger partial charge in [-0.15, -0.1) is 0 Å². The number of benzene rings is 2. The number of carbonyl (C=O) groups excluding carboxylic acids is 1. The number of nitrogens with one attached hydrogen (secondary N) is 2. The first-order valence-corrected chi connectivity index (χ1v) is 11.3. The number of rotatable bonds is 3. The molecule has 0 spiro atoms. The van der Waals surface area contributed by atoms with Crippen molar-refractivity contribution in [2.75, 3.05) is 22.6 Å². The predicted molar refractivity (Wildman–Crippen MR) is 123 cm³/mol. The van der Waals surface area contributed by atoms with Crippen LogP contribution in [0.5, 0.6) is 0 Å². The van der Waals surface area contributed by atoms with Gasteiger partial charge in [0.25, 0.3) is 5.91 Å². The molecule has 0 saturated carbocycles. The Morgan fingerprint density at radius 3 is 2.73 bits per heavy atom. The second kappa shape index (κ2) is 8.12. The van der Waals surface area contributed by atoms with E-state index in [9.17, 15) is 4.79 Å². The average Bonchev–Trinajstić information content (AvgIpc) is 2.75. The van der Waals surface area contributed by atoms with Crippen LogP contribution in [0.25, 0.3) is 0 Å². The highest BCUT2D eigenvalue weighted by Gasteiger charge is 2.30. The lowest BCUT2D eigenvalue weighted by molar-refractivity contribution is 0.0986. The highest BCUT2D eigenvalue weighted by molar-refractivity contribution is 7.99. The van der Waals surface area contributed by atoms with Gasteiger partial charge >= 0.3 is 0 Å². The number of hydrogen-bond donors (Lipinski definition) is 2. The molecule has 3 heterocycles. The van der Waals surface area contributed by atoms with Crippen LogP contribution in [0.2, 0.25) is 10.0 Å². The molecule has 3 aromatic rings. The number of aromatic nitrogens is 1. The highest BCUT2D eigenvalue weighted by atomic mass is 35.5. The summed E-state index contributed by atoms with van der Waals surface area (Å²) in [5.41, 5.74) is 4.76. The topological polar surface area (TPSA) is 57.3 Å². The molecule has 0 bridgehead atoms. The standard InChI is InChI=1S/C22H18Cl2N4OS/c23-17-2-1-3-18(24)20(17)28-12-30-21-16(22(28)29)6-7-19(27-21)26-15-5-4-13-8-9-25-11-14(13)10-15/h1-7,10,25H,8-9,11-12H2,(H,26,27). The fourth-order valence-corrected chi connectivity index (χ4v) is 5.30. The van der Waals surface area contributed by atoms with Crippen LogP contribution in [0, 0.1) is 0 Å². The second-order valence-electron chi connectivity index (χ2n) is 7.16. The van der Waals surface area contributed by atoms with Gasteiger partial charge in [-0.25, -0.2) is 4.98 Å². The molecule has 0 fully saturated rings. The van der Waals surface area contributed by atoms with Crippen molar-refractivity contribution in [2.24, 2.45) is 0 Å². The molecule has 152 valence electrons. The number of thioether (sulfide) groups is 1. The number of nitrogens with zero attached hydrogens (tertiary/aromatic N) is 2. The van der Waals surface area contributed by atoms with Gasteiger partial charge in [-0.2, -0.15) is 0 Å². The molecule has 8 heteroatoms. The maximum absolute atomic E-state index is 13.1. The minimum absolute atomic E-state index is 0.155. The molecule has 2 N–H and O–H groups in total. The Morgan fingerprint density at radius 2 is 1.90 bits per heavy atom. The van der Waals surface area contributed by atoms with Crippen molar-refractivity contribution >= 4 is 58.1 Å². The smallest absolute Gasteiger partial charge is 0.261 e. The third-order valence-electron chi connectivity index (χ3n) is 5.24. The Labute approximate surface area is 188 Å². The fraction of sp³-hybridized carbons (Fsp3) is 0.182. The Bertz CT molecular complexity index is 1130. The molecule has 2 aliphatic rings. The van der Waals surface area contributed by atoms with E-state index in [1.165, 1.54) is 22.9 Å². The Hall–Kier alpha value is -2.25. The lowest BCUT2D eigenvalue weighted by Crippen LogP contribution is -2.34. The summed E-state index contributed by atoms with van der Waals surface area (Å²) in [6, 6.07) is 15.3. The van der Waals surface area contributed by atoms with Crippen LogP contribution < -0.4 is 15.5 Å². The fourth-order valence-electron chi connectivity index (χ4n) is 3.73. The zero-order chi connectivity index (χ0) is 20.7. The maximum atomic E-state index is 13.1. The number of hydrogen-bond acceptors (Lipinski definition) is 5. The third-order valence-corrected chi connectivity index (χ3v) is 6.82. The van der Waals surface area contributed by atoms with E-state index in [1.807, 2.05) is 6.07 Å². The van der Waals surface area contributed by atoms with Crippen molar-refractivity contribution in [1.82, 2.24) is 10.3 Å². The predicted octanol–water partition coefficient (Wildman–Crippen LogP) is 5.49. The number of fused-ring (bicyclic) bond motifs is 2. The van der Waals surface area contributed by atoms with Crippen molar-refractivity contribution in [3.8, 4) is 0 Å². The summed E-state index contributed by atoms with van der Waals surface area (Å²) in [5, 5.41) is 8.36. The van der Waals surface area contributed by atoms with Crippen LogP contribution in [-0.4, -0.2) is 23.3 Å². The summed E-state index contributed by atoms with van der Waals surface area (Å²) in [7, 11) is 0. The molecule has 0 atom stereocenters. The van der Waals surface area contributed by atoms with Crippen LogP contribution in [-0.2, 0) is 13.0 Å². The number of carbonyl (C=O) groups is 1. The van der Waals surface area contributed by atoms with Gasteiger partial charge in [0.1, 0.15) is 10.8 Å². The minimum atomic E-state index is -0.155. The SMILES string of the molecule is O=C1c2ccc(Nc3ccc4c(c3)CNCC4)nc2SCN1c1c(Cl)cccc1Cl. The van der Waals surface area contributed by atoms with Gasteiger partial charge in [0.2, 0.25) is 0 Å². The molecular formula is C22H18Cl2N4OS. The first kappa shape index (κ1) is 19.7. The molecule has 5 nitrogen and oxygen atoms in total. The number of halogens is 2. The zero-order valence-electron chi connectivity index (χ0n) is 15.9. The van der Waals surface area contributed by atoms with Crippen LogP contribution in [0.1, 0.15) is 21.5 Å². The monoisotopic (exact) mass is 456 g/mol. The quantitative estimate of drug-likeness (QED) is 0.545. The zero-order valence-corrected chi connectivity index (χ0v) is 18.2. The summed E-state index contributed by atoms with van der Waals surface area (Å²) in [6.07, 6.45) is 1.05. The normalized spacial score (nSPS) is 15.5. The lowest BCUT2D eigenvalue weighted by atomic mass is 10.0. The number of anilines is 3. The van der Waals surface area contributed by atoms with Crippen LogP contribution in [0.15, 0.2) is 53.6 Å². The third kappa shape index (κ3) is 3.65. The average molecular weight is 457 g/mol. The molecule has 30 heavy (non-hydrogen) atoms. The van der Waals surface area contributed by atoms with Crippen molar-refractivity contribution in [3.05, 3.63) is 75.3 Å². The van der Waals surface area contributed by atoms with Gasteiger partial charge in [-0.05, 0) is 60.5 Å². The van der Waals surface area contributed by atoms with Gasteiger partial charge in [-0.3, -0.25) is 9.69 Å². The molecular weight excluding hydrogens is 439 g/mol.